The molecule has 1 aliphatic rings. The number of nitrogens with one attached hydrogen (secondary N) is 2. The van der Waals surface area contributed by atoms with Gasteiger partial charge in [0.1, 0.15) is 17.9 Å². The maximum Gasteiger partial charge on any atom is 0.407 e. The molecule has 12 heteroatoms. The number of nitrogens with zero attached hydrogens (tertiary/aromatic N) is 5. The summed E-state index contributed by atoms with van der Waals surface area (Å²) < 4.78 is 23.8. The van der Waals surface area contributed by atoms with Gasteiger partial charge < -0.3 is 15.4 Å². The van der Waals surface area contributed by atoms with E-state index in [4.69, 9.17) is 16.3 Å². The topological polar surface area (TPSA) is 115 Å². The molecule has 1 saturated carbocycles. The van der Waals surface area contributed by atoms with Crippen molar-refractivity contribution >= 4 is 46.8 Å². The van der Waals surface area contributed by atoms with Crippen LogP contribution in [0.1, 0.15) is 69.3 Å². The average molecular weight is 598 g/mol. The van der Waals surface area contributed by atoms with Crippen molar-refractivity contribution in [2.75, 3.05) is 0 Å². The summed E-state index contributed by atoms with van der Waals surface area (Å²) in [5, 5.41) is 15.3. The first-order chi connectivity index (χ1) is 20.0. The molecule has 0 saturated heterocycles. The van der Waals surface area contributed by atoms with Gasteiger partial charge in [0.25, 0.3) is 0 Å². The third-order valence-corrected chi connectivity index (χ3v) is 7.56. The number of hydrogen-bond acceptors (Lipinski definition) is 6. The molecule has 42 heavy (non-hydrogen) atoms. The number of allylic oxidation sites excluding steroid dienone is 3. The number of aliphatic imine (C=N–C) groups is 1. The highest BCUT2D eigenvalue weighted by atomic mass is 35.5. The predicted octanol–water partition coefficient (Wildman–Crippen LogP) is 5.68. The first-order valence-corrected chi connectivity index (χ1v) is 14.3. The van der Waals surface area contributed by atoms with E-state index in [-0.39, 0.29) is 41.7 Å². The van der Waals surface area contributed by atoms with Crippen molar-refractivity contribution in [3.8, 4) is 0 Å². The Hall–Kier alpha value is -3.99. The lowest BCUT2D eigenvalue weighted by Gasteiger charge is -2.28. The zero-order valence-electron chi connectivity index (χ0n) is 24.6. The molecule has 2 aromatic heterocycles. The summed E-state index contributed by atoms with van der Waals surface area (Å²) in [5.74, 6) is -0.756. The van der Waals surface area contributed by atoms with Gasteiger partial charge in [-0.3, -0.25) is 14.2 Å². The monoisotopic (exact) mass is 597 g/mol. The molecule has 1 aliphatic carbocycles. The van der Waals surface area contributed by atoms with Crippen LogP contribution in [-0.2, 0) is 30.2 Å². The van der Waals surface area contributed by atoms with Gasteiger partial charge in [0.05, 0.1) is 5.69 Å². The Morgan fingerprint density at radius 1 is 1.29 bits per heavy atom. The normalized spacial score (nSPS) is 18.1. The van der Waals surface area contributed by atoms with Crippen LogP contribution >= 0.6 is 11.6 Å². The van der Waals surface area contributed by atoms with Gasteiger partial charge in [0.15, 0.2) is 5.82 Å². The van der Waals surface area contributed by atoms with Crippen molar-refractivity contribution in [3.63, 3.8) is 0 Å². The van der Waals surface area contributed by atoms with Crippen LogP contribution in [0.2, 0.25) is 0 Å². The van der Waals surface area contributed by atoms with Gasteiger partial charge in [-0.05, 0) is 74.2 Å². The summed E-state index contributed by atoms with van der Waals surface area (Å²) in [6.07, 6.45) is 5.43. The van der Waals surface area contributed by atoms with Crippen LogP contribution in [0, 0.1) is 11.7 Å². The summed E-state index contributed by atoms with van der Waals surface area (Å²) in [6.45, 7) is 9.41. The molecule has 10 nitrogen and oxygen atoms in total. The third-order valence-electron chi connectivity index (χ3n) is 7.36. The zero-order chi connectivity index (χ0) is 30.6. The highest BCUT2D eigenvalue weighted by molar-refractivity contribution is 6.33. The lowest BCUT2D eigenvalue weighted by Crippen LogP contribution is -2.42. The van der Waals surface area contributed by atoms with Crippen molar-refractivity contribution < 1.29 is 18.7 Å². The second-order valence-corrected chi connectivity index (χ2v) is 11.5. The second-order valence-electron chi connectivity index (χ2n) is 10.9. The van der Waals surface area contributed by atoms with Crippen LogP contribution in [0.25, 0.3) is 16.5 Å². The summed E-state index contributed by atoms with van der Waals surface area (Å²) in [4.78, 5) is 29.6. The fraction of sp³-hybridized carbons (Fsp3) is 0.433. The van der Waals surface area contributed by atoms with E-state index in [1.165, 1.54) is 6.07 Å². The van der Waals surface area contributed by atoms with Crippen LogP contribution in [0.3, 0.4) is 0 Å². The Balaban J connectivity index is 1.45. The molecular weight excluding hydrogens is 561 g/mol. The van der Waals surface area contributed by atoms with Crippen LogP contribution in [0.4, 0.5) is 9.18 Å². The van der Waals surface area contributed by atoms with Crippen LogP contribution < -0.4 is 10.6 Å². The van der Waals surface area contributed by atoms with Crippen molar-refractivity contribution in [2.45, 2.75) is 65.0 Å². The summed E-state index contributed by atoms with van der Waals surface area (Å²) >= 11 is 6.47. The molecule has 1 fully saturated rings. The number of halogens is 2. The zero-order valence-corrected chi connectivity index (χ0v) is 25.3. The maximum absolute atomic E-state index is 15.2. The molecule has 4 rings (SSSR count). The fourth-order valence-electron chi connectivity index (χ4n) is 5.43. The molecule has 2 N–H and O–H groups in total. The number of rotatable bonds is 9. The number of amides is 2. The van der Waals surface area contributed by atoms with Crippen LogP contribution in [0.5, 0.6) is 0 Å². The molecule has 3 aromatic rings. The molecule has 0 spiro atoms. The molecule has 2 atom stereocenters. The number of hydrogen-bond donors (Lipinski definition) is 2. The van der Waals surface area contributed by atoms with Crippen molar-refractivity contribution in [1.29, 1.82) is 0 Å². The maximum atomic E-state index is 15.2. The Bertz CT molecular complexity index is 1550. The van der Waals surface area contributed by atoms with E-state index in [0.29, 0.717) is 40.1 Å². The van der Waals surface area contributed by atoms with Gasteiger partial charge in [-0.25, -0.2) is 14.2 Å². The Labute approximate surface area is 249 Å². The average Bonchev–Trinajstić information content (AvgIpc) is 3.51. The minimum Gasteiger partial charge on any atom is -0.443 e. The van der Waals surface area contributed by atoms with Gasteiger partial charge in [0.2, 0.25) is 5.91 Å². The lowest BCUT2D eigenvalue weighted by atomic mass is 9.85. The van der Waals surface area contributed by atoms with Crippen molar-refractivity contribution in [3.05, 3.63) is 64.1 Å². The molecule has 2 heterocycles. The Morgan fingerprint density at radius 3 is 2.69 bits per heavy atom. The summed E-state index contributed by atoms with van der Waals surface area (Å²) in [6, 6.07) is 4.80. The number of ether oxygens (including phenoxy) is 1. The minimum absolute atomic E-state index is 0.0642. The first-order valence-electron chi connectivity index (χ1n) is 13.9. The standard InChI is InChI=1S/C30H37ClFN7O3/c1-17(2)28-24-13-20(14-25(32)27(24)37-39(28)6)23(18(3)31)15-26(33-4)35-29(40)19-8-7-9-21(12-19)34-30(41)42-16-22-10-11-38(5)36-22/h10-11,13-15,17,19,21H,4,7-9,12,16H2,1-3,5-6H3,(H,34,41)(H,35,40)/b23-18-,26-15+/t19-,21+/m0/s1. The molecule has 0 bridgehead atoms. The highest BCUT2D eigenvalue weighted by Gasteiger charge is 2.29. The number of carbonyl (C=O) groups excluding carboxylic acids is 2. The van der Waals surface area contributed by atoms with Crippen LogP contribution in [-0.4, -0.2) is 44.3 Å². The lowest BCUT2D eigenvalue weighted by molar-refractivity contribution is -0.125. The highest BCUT2D eigenvalue weighted by Crippen LogP contribution is 2.33. The Morgan fingerprint density at radius 2 is 2.05 bits per heavy atom. The van der Waals surface area contributed by atoms with E-state index in [1.807, 2.05) is 19.9 Å². The first kappa shape index (κ1) is 31.0. The fourth-order valence-corrected chi connectivity index (χ4v) is 5.59. The SMILES string of the molecule is C=N/C(=C\C(=C(/C)Cl)c1cc(F)c2nn(C)c(C(C)C)c2c1)NC(=O)[C@H]1CCC[C@@H](NC(=O)OCc2ccn(C)n2)C1. The number of carbonyl (C=O) groups is 2. The predicted molar refractivity (Wildman–Crippen MR) is 161 cm³/mol. The van der Waals surface area contributed by atoms with E-state index in [9.17, 15) is 9.59 Å². The van der Waals surface area contributed by atoms with E-state index < -0.39 is 11.9 Å². The molecule has 0 aliphatic heterocycles. The Kier molecular flexibility index (Phi) is 9.82. The van der Waals surface area contributed by atoms with Crippen molar-refractivity contribution in [1.82, 2.24) is 30.2 Å². The number of fused-ring (bicyclic) bond motifs is 1. The molecule has 1 aromatic carbocycles. The number of aryl methyl sites for hydroxylation is 2. The smallest absolute Gasteiger partial charge is 0.407 e. The van der Waals surface area contributed by atoms with Gasteiger partial charge in [-0.2, -0.15) is 10.2 Å². The second kappa shape index (κ2) is 13.3. The van der Waals surface area contributed by atoms with Gasteiger partial charge in [0, 0.05) is 48.4 Å². The van der Waals surface area contributed by atoms with Gasteiger partial charge >= 0.3 is 6.09 Å². The number of alkyl carbamates (subject to hydrolysis) is 1. The van der Waals surface area contributed by atoms with E-state index in [2.05, 4.69) is 32.5 Å². The summed E-state index contributed by atoms with van der Waals surface area (Å²) in [5.41, 5.74) is 2.87. The van der Waals surface area contributed by atoms with E-state index >= 15 is 4.39 Å². The summed E-state index contributed by atoms with van der Waals surface area (Å²) in [7, 11) is 3.58. The van der Waals surface area contributed by atoms with E-state index in [1.54, 1.807) is 48.7 Å². The number of aromatic nitrogens is 4. The molecular formula is C30H37ClFN7O3. The van der Waals surface area contributed by atoms with Gasteiger partial charge in [-0.15, -0.1) is 0 Å². The molecule has 0 radical (unpaired) electrons. The number of benzene rings is 1. The third kappa shape index (κ3) is 7.25. The molecule has 224 valence electrons. The minimum atomic E-state index is -0.550. The van der Waals surface area contributed by atoms with Crippen molar-refractivity contribution in [2.24, 2.45) is 25.0 Å². The largest absolute Gasteiger partial charge is 0.443 e. The molecule has 0 unspecified atom stereocenters. The quantitative estimate of drug-likeness (QED) is 0.243. The van der Waals surface area contributed by atoms with Gasteiger partial charge in [-0.1, -0.05) is 31.9 Å². The van der Waals surface area contributed by atoms with E-state index in [0.717, 1.165) is 18.5 Å². The molecule has 2 amide bonds. The van der Waals surface area contributed by atoms with Crippen LogP contribution in [0.15, 0.2) is 46.3 Å².